The molecule has 2 rings (SSSR count). The van der Waals surface area contributed by atoms with Crippen LogP contribution < -0.4 is 5.32 Å². The van der Waals surface area contributed by atoms with Crippen LogP contribution in [-0.4, -0.2) is 37.2 Å². The average molecular weight is 383 g/mol. The van der Waals surface area contributed by atoms with E-state index in [-0.39, 0.29) is 29.1 Å². The third kappa shape index (κ3) is 5.41. The number of allylic oxidation sites excluding steroid dienone is 3. The van der Waals surface area contributed by atoms with Crippen LogP contribution in [0.2, 0.25) is 0 Å². The first-order valence-corrected chi connectivity index (χ1v) is 10.2. The van der Waals surface area contributed by atoms with Crippen molar-refractivity contribution in [1.82, 2.24) is 4.90 Å². The largest absolute Gasteiger partial charge is 0.322 e. The number of hydrogen-bond donors (Lipinski definition) is 1. The predicted octanol–water partition coefficient (Wildman–Crippen LogP) is 4.65. The fourth-order valence-corrected chi connectivity index (χ4v) is 4.02. The zero-order valence-electron chi connectivity index (χ0n) is 18.0. The highest BCUT2D eigenvalue weighted by Crippen LogP contribution is 2.31. The van der Waals surface area contributed by atoms with Gasteiger partial charge < -0.3 is 10.2 Å². The second-order valence-corrected chi connectivity index (χ2v) is 8.40. The summed E-state index contributed by atoms with van der Waals surface area (Å²) < 4.78 is 0. The molecule has 1 aliphatic carbocycles. The van der Waals surface area contributed by atoms with E-state index in [0.29, 0.717) is 17.5 Å². The Balaban J connectivity index is 2.11. The molecule has 0 saturated heterocycles. The molecule has 3 atom stereocenters. The predicted molar refractivity (Wildman–Crippen MR) is 116 cm³/mol. The van der Waals surface area contributed by atoms with Crippen LogP contribution in [0.4, 0.5) is 5.69 Å². The molecule has 1 aromatic carbocycles. The first kappa shape index (κ1) is 22.1. The molecule has 0 spiro atoms. The molecule has 1 aliphatic rings. The molecule has 0 saturated carbocycles. The minimum absolute atomic E-state index is 0.0729. The van der Waals surface area contributed by atoms with Gasteiger partial charge in [-0.2, -0.15) is 0 Å². The molecular formula is C24H34N2O2. The molecule has 1 aromatic rings. The van der Waals surface area contributed by atoms with Gasteiger partial charge in [0.1, 0.15) is 0 Å². The maximum Gasteiger partial charge on any atom is 0.259 e. The second-order valence-electron chi connectivity index (χ2n) is 8.40. The van der Waals surface area contributed by atoms with E-state index in [1.807, 2.05) is 50.5 Å². The smallest absolute Gasteiger partial charge is 0.259 e. The number of hydrogen-bond acceptors (Lipinski definition) is 3. The van der Waals surface area contributed by atoms with Crippen LogP contribution in [0.3, 0.4) is 0 Å². The number of carbonyl (C=O) groups is 2. The van der Waals surface area contributed by atoms with Crippen molar-refractivity contribution in [1.29, 1.82) is 0 Å². The van der Waals surface area contributed by atoms with Crippen LogP contribution in [0.5, 0.6) is 0 Å². The number of Topliss-reactive ketones (excluding diaryl/α,β-unsaturated/α-hetero) is 1. The maximum atomic E-state index is 13.1. The van der Waals surface area contributed by atoms with Crippen LogP contribution in [0.15, 0.2) is 48.1 Å². The van der Waals surface area contributed by atoms with Crippen molar-refractivity contribution in [2.45, 2.75) is 40.0 Å². The summed E-state index contributed by atoms with van der Waals surface area (Å²) in [4.78, 5) is 28.0. The fourth-order valence-electron chi connectivity index (χ4n) is 4.02. The lowest BCUT2D eigenvalue weighted by atomic mass is 9.75. The van der Waals surface area contributed by atoms with Crippen molar-refractivity contribution >= 4 is 17.4 Å². The van der Waals surface area contributed by atoms with Crippen LogP contribution in [-0.2, 0) is 9.59 Å². The number of benzene rings is 1. The summed E-state index contributed by atoms with van der Waals surface area (Å²) in [6.07, 6.45) is 6.35. The number of amides is 1. The summed E-state index contributed by atoms with van der Waals surface area (Å²) in [6.45, 7) is 9.49. The van der Waals surface area contributed by atoms with Gasteiger partial charge in [-0.3, -0.25) is 9.59 Å². The van der Waals surface area contributed by atoms with E-state index in [2.05, 4.69) is 37.9 Å². The molecule has 0 radical (unpaired) electrons. The molecule has 0 aromatic heterocycles. The van der Waals surface area contributed by atoms with E-state index in [4.69, 9.17) is 0 Å². The number of rotatable bonds is 8. The van der Waals surface area contributed by atoms with Gasteiger partial charge in [0.2, 0.25) is 0 Å². The van der Waals surface area contributed by atoms with Gasteiger partial charge >= 0.3 is 0 Å². The minimum atomic E-state index is -0.327. The zero-order valence-corrected chi connectivity index (χ0v) is 18.0. The molecule has 1 unspecified atom stereocenters. The first-order chi connectivity index (χ1) is 13.2. The molecule has 0 heterocycles. The van der Waals surface area contributed by atoms with Gasteiger partial charge in [-0.25, -0.2) is 0 Å². The van der Waals surface area contributed by atoms with Crippen LogP contribution in [0, 0.1) is 17.8 Å². The highest BCUT2D eigenvalue weighted by Gasteiger charge is 2.34. The Morgan fingerprint density at radius 3 is 2.32 bits per heavy atom. The van der Waals surface area contributed by atoms with E-state index < -0.39 is 0 Å². The fraction of sp³-hybridized carbons (Fsp3) is 0.500. The molecule has 0 fully saturated rings. The Bertz CT molecular complexity index is 744. The van der Waals surface area contributed by atoms with Crippen LogP contribution in [0.25, 0.3) is 0 Å². The van der Waals surface area contributed by atoms with Crippen LogP contribution in [0.1, 0.15) is 45.6 Å². The number of nitrogens with one attached hydrogen (secondary N) is 1. The third-order valence-electron chi connectivity index (χ3n) is 5.55. The maximum absolute atomic E-state index is 13.1. The van der Waals surface area contributed by atoms with Gasteiger partial charge in [0.25, 0.3) is 5.91 Å². The van der Waals surface area contributed by atoms with Crippen molar-refractivity contribution < 1.29 is 9.59 Å². The number of carbonyl (C=O) groups excluding carboxylic acids is 2. The van der Waals surface area contributed by atoms with Crippen LogP contribution >= 0.6 is 0 Å². The Hall–Kier alpha value is -2.20. The topological polar surface area (TPSA) is 49.4 Å². The van der Waals surface area contributed by atoms with Gasteiger partial charge in [-0.05, 0) is 55.6 Å². The molecule has 4 heteroatoms. The number of nitrogens with zero attached hydrogens (tertiary/aromatic N) is 1. The van der Waals surface area contributed by atoms with E-state index in [9.17, 15) is 9.59 Å². The Kier molecular flexibility index (Phi) is 7.76. The summed E-state index contributed by atoms with van der Waals surface area (Å²) in [7, 11) is 4.09. The van der Waals surface area contributed by atoms with Crippen molar-refractivity contribution in [3.63, 3.8) is 0 Å². The molecule has 28 heavy (non-hydrogen) atoms. The Morgan fingerprint density at radius 2 is 1.79 bits per heavy atom. The molecule has 1 N–H and O–H groups in total. The number of ketones is 1. The van der Waals surface area contributed by atoms with E-state index >= 15 is 0 Å². The lowest BCUT2D eigenvalue weighted by Gasteiger charge is -2.31. The van der Waals surface area contributed by atoms with Crippen molar-refractivity contribution in [2.75, 3.05) is 26.0 Å². The zero-order chi connectivity index (χ0) is 20.8. The summed E-state index contributed by atoms with van der Waals surface area (Å²) in [5.74, 6) is 0.378. The highest BCUT2D eigenvalue weighted by molar-refractivity contribution is 6.25. The minimum Gasteiger partial charge on any atom is -0.322 e. The molecule has 0 aliphatic heterocycles. The SMILES string of the molecule is CC[C@@H](C1C=CC=C(C(=O)Nc2ccc(C(C)C)cc2)C1=O)[C@@H](C)CN(C)C. The third-order valence-corrected chi connectivity index (χ3v) is 5.55. The normalized spacial score (nSPS) is 18.9. The highest BCUT2D eigenvalue weighted by atomic mass is 16.2. The average Bonchev–Trinajstić information content (AvgIpc) is 2.63. The lowest BCUT2D eigenvalue weighted by molar-refractivity contribution is -0.123. The van der Waals surface area contributed by atoms with Gasteiger partial charge in [0.05, 0.1) is 5.57 Å². The molecule has 0 bridgehead atoms. The Labute approximate surface area is 169 Å². The molecule has 152 valence electrons. The van der Waals surface area contributed by atoms with Gasteiger partial charge in [0.15, 0.2) is 5.78 Å². The standard InChI is InChI=1S/C24H34N2O2/c1-7-20(17(4)15-26(5)6)21-9-8-10-22(23(21)27)24(28)25-19-13-11-18(12-14-19)16(2)3/h8-14,16-17,20-21H,7,15H2,1-6H3,(H,25,28)/t17-,20+,21?/m0/s1. The van der Waals surface area contributed by atoms with Gasteiger partial charge in [0, 0.05) is 18.2 Å². The quantitative estimate of drug-likeness (QED) is 0.666. The Morgan fingerprint density at radius 1 is 1.14 bits per heavy atom. The van der Waals surface area contributed by atoms with Gasteiger partial charge in [-0.1, -0.05) is 58.4 Å². The molecular weight excluding hydrogens is 348 g/mol. The number of anilines is 1. The molecule has 4 nitrogen and oxygen atoms in total. The first-order valence-electron chi connectivity index (χ1n) is 10.2. The van der Waals surface area contributed by atoms with Crippen molar-refractivity contribution in [3.05, 3.63) is 53.6 Å². The van der Waals surface area contributed by atoms with Gasteiger partial charge in [-0.15, -0.1) is 0 Å². The summed E-state index contributed by atoms with van der Waals surface area (Å²) in [6, 6.07) is 7.80. The summed E-state index contributed by atoms with van der Waals surface area (Å²) in [5, 5.41) is 2.88. The van der Waals surface area contributed by atoms with E-state index in [0.717, 1.165) is 13.0 Å². The summed E-state index contributed by atoms with van der Waals surface area (Å²) in [5.41, 5.74) is 2.17. The summed E-state index contributed by atoms with van der Waals surface area (Å²) >= 11 is 0. The van der Waals surface area contributed by atoms with E-state index in [1.165, 1.54) is 5.56 Å². The van der Waals surface area contributed by atoms with Crippen molar-refractivity contribution in [3.8, 4) is 0 Å². The monoisotopic (exact) mass is 382 g/mol. The van der Waals surface area contributed by atoms with E-state index in [1.54, 1.807) is 6.08 Å². The van der Waals surface area contributed by atoms with Crippen molar-refractivity contribution in [2.24, 2.45) is 17.8 Å². The lowest BCUT2D eigenvalue weighted by Crippen LogP contribution is -2.36. The second kappa shape index (κ2) is 9.83. The molecule has 1 amide bonds.